The summed E-state index contributed by atoms with van der Waals surface area (Å²) >= 11 is 0. The van der Waals surface area contributed by atoms with Gasteiger partial charge in [0.25, 0.3) is 5.56 Å². The molecule has 0 saturated carbocycles. The number of anilines is 1. The van der Waals surface area contributed by atoms with Crippen LogP contribution in [0.5, 0.6) is 0 Å². The van der Waals surface area contributed by atoms with Crippen LogP contribution in [0.4, 0.5) is 5.69 Å². The molecule has 7 heteroatoms. The highest BCUT2D eigenvalue weighted by molar-refractivity contribution is 5.92. The zero-order chi connectivity index (χ0) is 19.8. The quantitative estimate of drug-likeness (QED) is 0.595. The minimum atomic E-state index is -0.332. The van der Waals surface area contributed by atoms with Crippen LogP contribution < -0.4 is 10.9 Å². The van der Waals surface area contributed by atoms with Gasteiger partial charge in [0, 0.05) is 12.1 Å². The van der Waals surface area contributed by atoms with Gasteiger partial charge >= 0.3 is 0 Å². The molecule has 4 rings (SSSR count). The Kier molecular flexibility index (Phi) is 4.43. The number of carbonyl (C=O) groups is 1. The van der Waals surface area contributed by atoms with E-state index in [4.69, 9.17) is 0 Å². The maximum Gasteiger partial charge on any atom is 0.297 e. The molecule has 0 bridgehead atoms. The number of rotatable bonds is 4. The third kappa shape index (κ3) is 2.94. The van der Waals surface area contributed by atoms with Crippen LogP contribution in [0.25, 0.3) is 16.7 Å². The first kappa shape index (κ1) is 17.9. The fourth-order valence-electron chi connectivity index (χ4n) is 3.49. The largest absolute Gasteiger partial charge is 0.324 e. The number of fused-ring (bicyclic) bond motifs is 3. The van der Waals surface area contributed by atoms with Crippen molar-refractivity contribution in [2.45, 2.75) is 33.7 Å². The SMILES string of the molecule is CCc1nnc2c(=O)n(CC(=O)Nc3ccc(C)cc3C)c3ccccc3n12. The lowest BCUT2D eigenvalue weighted by Gasteiger charge is -2.13. The van der Waals surface area contributed by atoms with Crippen LogP contribution in [0, 0.1) is 13.8 Å². The average molecular weight is 375 g/mol. The molecular formula is C21H21N5O2. The molecule has 1 N–H and O–H groups in total. The Balaban J connectivity index is 1.79. The van der Waals surface area contributed by atoms with Crippen molar-refractivity contribution in [2.24, 2.45) is 0 Å². The van der Waals surface area contributed by atoms with Crippen molar-refractivity contribution in [2.75, 3.05) is 5.32 Å². The van der Waals surface area contributed by atoms with Crippen LogP contribution in [-0.4, -0.2) is 25.1 Å². The smallest absolute Gasteiger partial charge is 0.297 e. The first-order valence-corrected chi connectivity index (χ1v) is 9.22. The summed E-state index contributed by atoms with van der Waals surface area (Å²) in [5, 5.41) is 11.1. The highest BCUT2D eigenvalue weighted by atomic mass is 16.2. The van der Waals surface area contributed by atoms with Crippen molar-refractivity contribution in [3.8, 4) is 0 Å². The van der Waals surface area contributed by atoms with Crippen LogP contribution >= 0.6 is 0 Å². The number of hydrogen-bond donors (Lipinski definition) is 1. The molecule has 0 saturated heterocycles. The highest BCUT2D eigenvalue weighted by Gasteiger charge is 2.17. The summed E-state index contributed by atoms with van der Waals surface area (Å²) < 4.78 is 3.23. The summed E-state index contributed by atoms with van der Waals surface area (Å²) in [5.74, 6) is 0.453. The monoisotopic (exact) mass is 375 g/mol. The standard InChI is InChI=1S/C21H21N5O2/c1-4-18-23-24-20-21(28)25(16-7-5-6-8-17(16)26(18)20)12-19(27)22-15-10-9-13(2)11-14(15)3/h5-11H,4,12H2,1-3H3,(H,22,27). The summed E-state index contributed by atoms with van der Waals surface area (Å²) in [6, 6.07) is 13.3. The highest BCUT2D eigenvalue weighted by Crippen LogP contribution is 2.18. The molecule has 7 nitrogen and oxygen atoms in total. The van der Waals surface area contributed by atoms with Gasteiger partial charge in [-0.15, -0.1) is 10.2 Å². The third-order valence-electron chi connectivity index (χ3n) is 4.85. The number of aromatic nitrogens is 4. The zero-order valence-electron chi connectivity index (χ0n) is 16.1. The van der Waals surface area contributed by atoms with E-state index in [1.54, 1.807) is 4.40 Å². The molecule has 2 aromatic heterocycles. The summed E-state index contributed by atoms with van der Waals surface area (Å²) in [5.41, 5.74) is 4.22. The van der Waals surface area contributed by atoms with Gasteiger partial charge in [0.2, 0.25) is 11.6 Å². The van der Waals surface area contributed by atoms with Crippen LogP contribution in [0.3, 0.4) is 0 Å². The third-order valence-corrected chi connectivity index (χ3v) is 4.85. The van der Waals surface area contributed by atoms with Crippen molar-refractivity contribution >= 4 is 28.3 Å². The van der Waals surface area contributed by atoms with Gasteiger partial charge in [-0.05, 0) is 37.6 Å². The summed E-state index contributed by atoms with van der Waals surface area (Å²) in [6.45, 7) is 5.81. The van der Waals surface area contributed by atoms with Crippen molar-refractivity contribution < 1.29 is 4.79 Å². The maximum atomic E-state index is 13.0. The van der Waals surface area contributed by atoms with Gasteiger partial charge in [0.1, 0.15) is 12.4 Å². The van der Waals surface area contributed by atoms with E-state index >= 15 is 0 Å². The Hall–Kier alpha value is -3.48. The Morgan fingerprint density at radius 1 is 1.07 bits per heavy atom. The number of carbonyl (C=O) groups excluding carboxylic acids is 1. The molecule has 0 unspecified atom stereocenters. The maximum absolute atomic E-state index is 13.0. The predicted octanol–water partition coefficient (Wildman–Crippen LogP) is 2.86. The summed E-state index contributed by atoms with van der Waals surface area (Å²) in [6.07, 6.45) is 0.655. The van der Waals surface area contributed by atoms with Crippen molar-refractivity contribution in [1.82, 2.24) is 19.2 Å². The van der Waals surface area contributed by atoms with Gasteiger partial charge < -0.3 is 5.32 Å². The number of para-hydroxylation sites is 2. The van der Waals surface area contributed by atoms with Crippen LogP contribution in [0.2, 0.25) is 0 Å². The Labute approximate surface area is 161 Å². The Morgan fingerprint density at radius 3 is 2.54 bits per heavy atom. The molecule has 4 aromatic rings. The molecular weight excluding hydrogens is 354 g/mol. The van der Waals surface area contributed by atoms with Crippen molar-refractivity contribution in [3.63, 3.8) is 0 Å². The number of benzene rings is 2. The number of aryl methyl sites for hydroxylation is 3. The van der Waals surface area contributed by atoms with E-state index in [9.17, 15) is 9.59 Å². The minimum absolute atomic E-state index is 0.0997. The van der Waals surface area contributed by atoms with E-state index in [2.05, 4.69) is 15.5 Å². The van der Waals surface area contributed by atoms with E-state index < -0.39 is 0 Å². The minimum Gasteiger partial charge on any atom is -0.324 e. The summed E-state index contributed by atoms with van der Waals surface area (Å²) in [4.78, 5) is 25.7. The lowest BCUT2D eigenvalue weighted by Crippen LogP contribution is -2.29. The molecule has 0 aliphatic heterocycles. The molecule has 0 aliphatic rings. The lowest BCUT2D eigenvalue weighted by atomic mass is 10.1. The first-order valence-electron chi connectivity index (χ1n) is 9.22. The topological polar surface area (TPSA) is 81.3 Å². The molecule has 0 spiro atoms. The Bertz CT molecular complexity index is 1270. The zero-order valence-corrected chi connectivity index (χ0v) is 16.1. The summed E-state index contributed by atoms with van der Waals surface area (Å²) in [7, 11) is 0. The van der Waals surface area contributed by atoms with E-state index in [1.165, 1.54) is 4.57 Å². The van der Waals surface area contributed by atoms with E-state index in [1.807, 2.05) is 63.2 Å². The van der Waals surface area contributed by atoms with Crippen LogP contribution in [0.1, 0.15) is 23.9 Å². The molecule has 1 amide bonds. The van der Waals surface area contributed by atoms with Gasteiger partial charge in [-0.3, -0.25) is 18.6 Å². The van der Waals surface area contributed by atoms with Gasteiger partial charge in [-0.2, -0.15) is 0 Å². The van der Waals surface area contributed by atoms with E-state index in [-0.39, 0.29) is 23.7 Å². The number of hydrogen-bond acceptors (Lipinski definition) is 4. The second kappa shape index (κ2) is 6.92. The van der Waals surface area contributed by atoms with E-state index in [0.717, 1.165) is 28.2 Å². The lowest BCUT2D eigenvalue weighted by molar-refractivity contribution is -0.116. The molecule has 0 atom stereocenters. The van der Waals surface area contributed by atoms with Crippen molar-refractivity contribution in [3.05, 3.63) is 69.8 Å². The Morgan fingerprint density at radius 2 is 1.82 bits per heavy atom. The van der Waals surface area contributed by atoms with Gasteiger partial charge in [0.15, 0.2) is 0 Å². The second-order valence-electron chi connectivity index (χ2n) is 6.88. The van der Waals surface area contributed by atoms with Crippen LogP contribution in [0.15, 0.2) is 47.3 Å². The number of nitrogens with zero attached hydrogens (tertiary/aromatic N) is 4. The predicted molar refractivity (Wildman–Crippen MR) is 109 cm³/mol. The van der Waals surface area contributed by atoms with E-state index in [0.29, 0.717) is 11.9 Å². The fraction of sp³-hybridized carbons (Fsp3) is 0.238. The molecule has 2 aromatic carbocycles. The molecule has 2 heterocycles. The molecule has 0 radical (unpaired) electrons. The molecule has 0 aliphatic carbocycles. The molecule has 28 heavy (non-hydrogen) atoms. The molecule has 142 valence electrons. The van der Waals surface area contributed by atoms with Gasteiger partial charge in [-0.25, -0.2) is 0 Å². The second-order valence-corrected chi connectivity index (χ2v) is 6.88. The number of nitrogens with one attached hydrogen (secondary N) is 1. The van der Waals surface area contributed by atoms with Crippen molar-refractivity contribution in [1.29, 1.82) is 0 Å². The molecule has 0 fully saturated rings. The van der Waals surface area contributed by atoms with Crippen LogP contribution in [-0.2, 0) is 17.8 Å². The fourth-order valence-corrected chi connectivity index (χ4v) is 3.49. The van der Waals surface area contributed by atoms with Gasteiger partial charge in [-0.1, -0.05) is 36.8 Å². The number of amides is 1. The average Bonchev–Trinajstić information content (AvgIpc) is 3.12. The van der Waals surface area contributed by atoms with Gasteiger partial charge in [0.05, 0.1) is 11.0 Å². The first-order chi connectivity index (χ1) is 13.5. The normalized spacial score (nSPS) is 11.2.